The number of hydrogen-bond donors (Lipinski definition) is 1. The first-order valence-electron chi connectivity index (χ1n) is 11.9. The molecule has 0 radical (unpaired) electrons. The number of nitrogens with zero attached hydrogens (tertiary/aromatic N) is 2. The van der Waals surface area contributed by atoms with E-state index in [1.54, 1.807) is 36.4 Å². The predicted octanol–water partition coefficient (Wildman–Crippen LogP) is 3.18. The molecule has 0 unspecified atom stereocenters. The summed E-state index contributed by atoms with van der Waals surface area (Å²) in [5, 5.41) is 3.07. The van der Waals surface area contributed by atoms with Gasteiger partial charge in [-0.05, 0) is 69.2 Å². The molecule has 0 bridgehead atoms. The Bertz CT molecular complexity index is 990. The second kappa shape index (κ2) is 8.78. The zero-order valence-corrected chi connectivity index (χ0v) is 20.2. The van der Waals surface area contributed by atoms with Crippen LogP contribution >= 0.6 is 0 Å². The molecule has 32 heavy (non-hydrogen) atoms. The van der Waals surface area contributed by atoms with Gasteiger partial charge in [-0.2, -0.15) is 4.31 Å². The summed E-state index contributed by atoms with van der Waals surface area (Å²) in [6.07, 6.45) is 7.14. The van der Waals surface area contributed by atoms with Crippen LogP contribution in [0.2, 0.25) is 0 Å². The van der Waals surface area contributed by atoms with Crippen LogP contribution in [0.3, 0.4) is 0 Å². The van der Waals surface area contributed by atoms with Crippen LogP contribution in [0.15, 0.2) is 23.1 Å². The number of rotatable bonds is 5. The highest BCUT2D eigenvalue weighted by molar-refractivity contribution is 7.89. The van der Waals surface area contributed by atoms with E-state index < -0.39 is 15.4 Å². The highest BCUT2D eigenvalue weighted by Gasteiger charge is 2.45. The molecule has 1 saturated heterocycles. The predicted molar refractivity (Wildman–Crippen MR) is 124 cm³/mol. The van der Waals surface area contributed by atoms with Crippen molar-refractivity contribution >= 4 is 27.5 Å². The quantitative estimate of drug-likeness (QED) is 0.730. The van der Waals surface area contributed by atoms with Crippen LogP contribution in [0.1, 0.15) is 71.3 Å². The van der Waals surface area contributed by atoms with Gasteiger partial charge in [0.15, 0.2) is 0 Å². The van der Waals surface area contributed by atoms with E-state index in [1.807, 2.05) is 0 Å². The summed E-state index contributed by atoms with van der Waals surface area (Å²) in [6.45, 7) is 6.75. The lowest BCUT2D eigenvalue weighted by Gasteiger charge is -2.29. The number of hydrogen-bond acceptors (Lipinski definition) is 4. The van der Waals surface area contributed by atoms with E-state index in [0.29, 0.717) is 30.3 Å². The average Bonchev–Trinajstić information content (AvgIpc) is 2.95. The second-order valence-corrected chi connectivity index (χ2v) is 12.1. The number of piperidine rings is 1. The van der Waals surface area contributed by atoms with Gasteiger partial charge in [0.05, 0.1) is 10.3 Å². The molecule has 0 spiro atoms. The second-order valence-electron chi connectivity index (χ2n) is 10.2. The maximum Gasteiger partial charge on any atom is 0.243 e. The molecule has 1 aromatic rings. The minimum atomic E-state index is -3.61. The van der Waals surface area contributed by atoms with Gasteiger partial charge in [-0.1, -0.05) is 26.2 Å². The molecule has 7 nitrogen and oxygen atoms in total. The first kappa shape index (κ1) is 23.2. The summed E-state index contributed by atoms with van der Waals surface area (Å²) in [7, 11) is -3.61. The number of fused-ring (bicyclic) bond motifs is 1. The molecule has 1 aromatic carbocycles. The maximum absolute atomic E-state index is 13.2. The van der Waals surface area contributed by atoms with Crippen molar-refractivity contribution in [2.24, 2.45) is 5.92 Å². The van der Waals surface area contributed by atoms with Gasteiger partial charge < -0.3 is 10.2 Å². The highest BCUT2D eigenvalue weighted by atomic mass is 32.2. The third-order valence-corrected chi connectivity index (χ3v) is 9.26. The summed E-state index contributed by atoms with van der Waals surface area (Å²) in [5.74, 6) is 0.201. The Kier molecular flexibility index (Phi) is 6.38. The van der Waals surface area contributed by atoms with Gasteiger partial charge in [-0.25, -0.2) is 8.42 Å². The third kappa shape index (κ3) is 4.31. The van der Waals surface area contributed by atoms with Gasteiger partial charge in [-0.15, -0.1) is 0 Å². The summed E-state index contributed by atoms with van der Waals surface area (Å²) < 4.78 is 28.0. The van der Waals surface area contributed by atoms with E-state index in [9.17, 15) is 18.0 Å². The Labute approximate surface area is 191 Å². The number of sulfonamides is 1. The minimum absolute atomic E-state index is 0.0398. The van der Waals surface area contributed by atoms with Crippen molar-refractivity contribution in [3.63, 3.8) is 0 Å². The van der Waals surface area contributed by atoms with Gasteiger partial charge in [0, 0.05) is 24.8 Å². The fourth-order valence-corrected chi connectivity index (χ4v) is 6.67. The molecule has 2 fully saturated rings. The Morgan fingerprint density at radius 2 is 1.75 bits per heavy atom. The lowest BCUT2D eigenvalue weighted by atomic mass is 9.86. The first-order valence-corrected chi connectivity index (χ1v) is 13.3. The van der Waals surface area contributed by atoms with E-state index in [2.05, 4.69) is 12.2 Å². The van der Waals surface area contributed by atoms with E-state index in [0.717, 1.165) is 38.5 Å². The van der Waals surface area contributed by atoms with Crippen LogP contribution < -0.4 is 10.2 Å². The summed E-state index contributed by atoms with van der Waals surface area (Å²) >= 11 is 0. The van der Waals surface area contributed by atoms with Crippen molar-refractivity contribution in [1.82, 2.24) is 9.62 Å². The molecule has 8 heteroatoms. The normalized spacial score (nSPS) is 22.7. The van der Waals surface area contributed by atoms with Gasteiger partial charge in [0.25, 0.3) is 0 Å². The number of amides is 2. The van der Waals surface area contributed by atoms with E-state index in [-0.39, 0.29) is 29.3 Å². The van der Waals surface area contributed by atoms with E-state index >= 15 is 0 Å². The highest BCUT2D eigenvalue weighted by Crippen LogP contribution is 2.43. The molecule has 176 valence electrons. The monoisotopic (exact) mass is 461 g/mol. The van der Waals surface area contributed by atoms with Gasteiger partial charge >= 0.3 is 0 Å². The molecular weight excluding hydrogens is 426 g/mol. The standard InChI is InChI=1S/C24H35N3O4S/c1-17-11-13-26(14-12-17)32(30,31)19-9-10-21-20(15-19)24(2,3)23(29)27(21)16-22(28)25-18-7-5-4-6-8-18/h9-10,15,17-18H,4-8,11-14,16H2,1-3H3,(H,25,28). The molecule has 3 aliphatic rings. The molecule has 2 aliphatic heterocycles. The van der Waals surface area contributed by atoms with Crippen LogP contribution in [0.25, 0.3) is 0 Å². The topological polar surface area (TPSA) is 86.8 Å². The molecule has 1 aliphatic carbocycles. The number of carbonyl (C=O) groups is 2. The SMILES string of the molecule is CC1CCN(S(=O)(=O)c2ccc3c(c2)C(C)(C)C(=O)N3CC(=O)NC2CCCCC2)CC1. The molecule has 0 atom stereocenters. The fourth-order valence-electron chi connectivity index (χ4n) is 5.17. The number of anilines is 1. The van der Waals surface area contributed by atoms with Crippen LogP contribution in [0.4, 0.5) is 5.69 Å². The average molecular weight is 462 g/mol. The Balaban J connectivity index is 1.56. The number of carbonyl (C=O) groups excluding carboxylic acids is 2. The van der Waals surface area contributed by atoms with Crippen LogP contribution in [0.5, 0.6) is 0 Å². The zero-order chi connectivity index (χ0) is 23.1. The Morgan fingerprint density at radius 1 is 1.09 bits per heavy atom. The fraction of sp³-hybridized carbons (Fsp3) is 0.667. The molecule has 1 N–H and O–H groups in total. The van der Waals surface area contributed by atoms with Gasteiger partial charge in [0.1, 0.15) is 6.54 Å². The van der Waals surface area contributed by atoms with Crippen molar-refractivity contribution < 1.29 is 18.0 Å². The lowest BCUT2D eigenvalue weighted by Crippen LogP contribution is -2.45. The molecule has 1 saturated carbocycles. The Hall–Kier alpha value is -1.93. The van der Waals surface area contributed by atoms with Crippen molar-refractivity contribution in [2.45, 2.75) is 82.1 Å². The van der Waals surface area contributed by atoms with E-state index in [4.69, 9.17) is 0 Å². The van der Waals surface area contributed by atoms with Crippen molar-refractivity contribution in [1.29, 1.82) is 0 Å². The smallest absolute Gasteiger partial charge is 0.243 e. The van der Waals surface area contributed by atoms with E-state index in [1.165, 1.54) is 11.3 Å². The minimum Gasteiger partial charge on any atom is -0.352 e. The summed E-state index contributed by atoms with van der Waals surface area (Å²) in [6, 6.07) is 5.09. The molecular formula is C24H35N3O4S. The van der Waals surface area contributed by atoms with Gasteiger partial charge in [0.2, 0.25) is 21.8 Å². The number of nitrogens with one attached hydrogen (secondary N) is 1. The summed E-state index contributed by atoms with van der Waals surface area (Å²) in [5.41, 5.74) is 0.409. The molecule has 2 amide bonds. The van der Waals surface area contributed by atoms with Crippen molar-refractivity contribution in [2.75, 3.05) is 24.5 Å². The van der Waals surface area contributed by atoms with Crippen LogP contribution in [0, 0.1) is 5.92 Å². The van der Waals surface area contributed by atoms with Crippen LogP contribution in [-0.4, -0.2) is 50.2 Å². The van der Waals surface area contributed by atoms with Gasteiger partial charge in [-0.3, -0.25) is 9.59 Å². The summed E-state index contributed by atoms with van der Waals surface area (Å²) in [4.78, 5) is 27.6. The van der Waals surface area contributed by atoms with Crippen molar-refractivity contribution in [3.8, 4) is 0 Å². The maximum atomic E-state index is 13.2. The largest absolute Gasteiger partial charge is 0.352 e. The lowest BCUT2D eigenvalue weighted by molar-refractivity contribution is -0.126. The van der Waals surface area contributed by atoms with Crippen LogP contribution in [-0.2, 0) is 25.0 Å². The first-order chi connectivity index (χ1) is 15.1. The Morgan fingerprint density at radius 3 is 2.41 bits per heavy atom. The third-order valence-electron chi connectivity index (χ3n) is 7.36. The molecule has 0 aromatic heterocycles. The number of benzene rings is 1. The zero-order valence-electron chi connectivity index (χ0n) is 19.4. The molecule has 2 heterocycles. The molecule has 4 rings (SSSR count). The van der Waals surface area contributed by atoms with Crippen molar-refractivity contribution in [3.05, 3.63) is 23.8 Å².